The third-order valence-corrected chi connectivity index (χ3v) is 6.22. The first-order valence-corrected chi connectivity index (χ1v) is 10.2. The highest BCUT2D eigenvalue weighted by Gasteiger charge is 2.20. The van der Waals surface area contributed by atoms with Gasteiger partial charge in [0.05, 0.1) is 11.4 Å². The summed E-state index contributed by atoms with van der Waals surface area (Å²) >= 11 is 0. The van der Waals surface area contributed by atoms with Crippen LogP contribution in [0.25, 0.3) is 0 Å². The van der Waals surface area contributed by atoms with Gasteiger partial charge in [0.1, 0.15) is 0 Å². The van der Waals surface area contributed by atoms with Crippen molar-refractivity contribution in [2.24, 2.45) is 0 Å². The number of carbonyl (C=O) groups excluding carboxylic acids is 1. The first-order chi connectivity index (χ1) is 12.6. The Balaban J connectivity index is 2.03. The van der Waals surface area contributed by atoms with Gasteiger partial charge in [-0.1, -0.05) is 32.0 Å². The van der Waals surface area contributed by atoms with Crippen molar-refractivity contribution in [1.29, 1.82) is 0 Å². The fourth-order valence-electron chi connectivity index (χ4n) is 2.52. The lowest BCUT2D eigenvalue weighted by molar-refractivity contribution is -0.114. The van der Waals surface area contributed by atoms with Gasteiger partial charge in [-0.3, -0.25) is 4.79 Å². The maximum absolute atomic E-state index is 12.4. The summed E-state index contributed by atoms with van der Waals surface area (Å²) in [4.78, 5) is 12.4. The Kier molecular flexibility index (Phi) is 6.62. The molecule has 0 radical (unpaired) electrons. The molecule has 2 aromatic carbocycles. The van der Waals surface area contributed by atoms with Crippen LogP contribution in [0.4, 0.5) is 11.4 Å². The molecule has 0 saturated carbocycles. The van der Waals surface area contributed by atoms with Crippen LogP contribution in [-0.4, -0.2) is 39.3 Å². The smallest absolute Gasteiger partial charge is 0.243 e. The molecule has 0 fully saturated rings. The predicted molar refractivity (Wildman–Crippen MR) is 110 cm³/mol. The maximum atomic E-state index is 12.4. The van der Waals surface area contributed by atoms with Gasteiger partial charge in [-0.05, 0) is 48.2 Å². The standard InChI is InChI=1S/C20H27N3O3S/c1-14(2)16-7-10-17(11-8-16)22-20(24)13-21-18-9-6-15(3)19(12-18)27(25,26)23(4)5/h6-12,14,21H,13H2,1-5H3,(H,22,24). The van der Waals surface area contributed by atoms with Crippen molar-refractivity contribution in [1.82, 2.24) is 4.31 Å². The predicted octanol–water partition coefficient (Wildman–Crippen LogP) is 3.42. The zero-order chi connectivity index (χ0) is 20.2. The van der Waals surface area contributed by atoms with E-state index in [2.05, 4.69) is 24.5 Å². The van der Waals surface area contributed by atoms with Gasteiger partial charge in [-0.15, -0.1) is 0 Å². The van der Waals surface area contributed by atoms with Gasteiger partial charge in [0, 0.05) is 25.5 Å². The van der Waals surface area contributed by atoms with Gasteiger partial charge in [-0.25, -0.2) is 12.7 Å². The lowest BCUT2D eigenvalue weighted by Crippen LogP contribution is -2.24. The minimum Gasteiger partial charge on any atom is -0.376 e. The molecule has 6 nitrogen and oxygen atoms in total. The second kappa shape index (κ2) is 8.54. The average molecular weight is 390 g/mol. The fraction of sp³-hybridized carbons (Fsp3) is 0.350. The van der Waals surface area contributed by atoms with E-state index < -0.39 is 10.0 Å². The monoisotopic (exact) mass is 389 g/mol. The molecule has 2 N–H and O–H groups in total. The zero-order valence-corrected chi connectivity index (χ0v) is 17.2. The van der Waals surface area contributed by atoms with E-state index in [9.17, 15) is 13.2 Å². The van der Waals surface area contributed by atoms with Crippen molar-refractivity contribution in [2.45, 2.75) is 31.6 Å². The number of sulfonamides is 1. The molecule has 2 aromatic rings. The molecule has 0 saturated heterocycles. The van der Waals surface area contributed by atoms with Gasteiger partial charge in [0.15, 0.2) is 0 Å². The van der Waals surface area contributed by atoms with E-state index in [0.29, 0.717) is 17.2 Å². The highest BCUT2D eigenvalue weighted by atomic mass is 32.2. The van der Waals surface area contributed by atoms with E-state index in [1.807, 2.05) is 24.3 Å². The van der Waals surface area contributed by atoms with Gasteiger partial charge in [0.2, 0.25) is 15.9 Å². The van der Waals surface area contributed by atoms with Crippen LogP contribution in [0.3, 0.4) is 0 Å². The summed E-state index contributed by atoms with van der Waals surface area (Å²) < 4.78 is 25.9. The van der Waals surface area contributed by atoms with Gasteiger partial charge in [-0.2, -0.15) is 0 Å². The molecule has 0 aliphatic rings. The second-order valence-corrected chi connectivity index (χ2v) is 9.07. The Morgan fingerprint density at radius 3 is 2.19 bits per heavy atom. The van der Waals surface area contributed by atoms with E-state index in [1.54, 1.807) is 25.1 Å². The van der Waals surface area contributed by atoms with Crippen LogP contribution in [-0.2, 0) is 14.8 Å². The van der Waals surface area contributed by atoms with E-state index in [0.717, 1.165) is 5.69 Å². The number of hydrogen-bond acceptors (Lipinski definition) is 4. The molecule has 2 rings (SSSR count). The molecular formula is C20H27N3O3S. The summed E-state index contributed by atoms with van der Waals surface area (Å²) in [6, 6.07) is 12.8. The van der Waals surface area contributed by atoms with Crippen molar-refractivity contribution in [3.63, 3.8) is 0 Å². The molecular weight excluding hydrogens is 362 g/mol. The fourth-order valence-corrected chi connectivity index (χ4v) is 3.67. The molecule has 0 atom stereocenters. The molecule has 1 amide bonds. The van der Waals surface area contributed by atoms with Crippen LogP contribution >= 0.6 is 0 Å². The molecule has 0 aliphatic carbocycles. The molecule has 146 valence electrons. The van der Waals surface area contributed by atoms with Crippen molar-refractivity contribution >= 4 is 27.3 Å². The zero-order valence-electron chi connectivity index (χ0n) is 16.4. The first kappa shape index (κ1) is 20.9. The minimum absolute atomic E-state index is 0.0381. The van der Waals surface area contributed by atoms with Crippen LogP contribution in [0.15, 0.2) is 47.4 Å². The molecule has 0 aromatic heterocycles. The second-order valence-electron chi connectivity index (χ2n) is 6.95. The number of anilines is 2. The molecule has 0 spiro atoms. The normalized spacial score (nSPS) is 11.7. The molecule has 27 heavy (non-hydrogen) atoms. The Morgan fingerprint density at radius 2 is 1.63 bits per heavy atom. The van der Waals surface area contributed by atoms with Gasteiger partial charge < -0.3 is 10.6 Å². The van der Waals surface area contributed by atoms with Crippen molar-refractivity contribution < 1.29 is 13.2 Å². The quantitative estimate of drug-likeness (QED) is 0.761. The minimum atomic E-state index is -3.54. The van der Waals surface area contributed by atoms with Crippen molar-refractivity contribution in [3.8, 4) is 0 Å². The number of benzene rings is 2. The summed E-state index contributed by atoms with van der Waals surface area (Å²) in [5.74, 6) is 0.232. The summed E-state index contributed by atoms with van der Waals surface area (Å²) in [5.41, 5.74) is 3.17. The summed E-state index contributed by atoms with van der Waals surface area (Å²) in [7, 11) is -0.550. The molecule has 0 aliphatic heterocycles. The number of rotatable bonds is 7. The van der Waals surface area contributed by atoms with E-state index in [4.69, 9.17) is 0 Å². The van der Waals surface area contributed by atoms with E-state index >= 15 is 0 Å². The molecule has 0 bridgehead atoms. The SMILES string of the molecule is Cc1ccc(NCC(=O)Nc2ccc(C(C)C)cc2)cc1S(=O)(=O)N(C)C. The lowest BCUT2D eigenvalue weighted by Gasteiger charge is -2.15. The number of nitrogens with zero attached hydrogens (tertiary/aromatic N) is 1. The summed E-state index contributed by atoms with van der Waals surface area (Å²) in [6.45, 7) is 6.01. The highest BCUT2D eigenvalue weighted by Crippen LogP contribution is 2.22. The lowest BCUT2D eigenvalue weighted by atomic mass is 10.0. The number of nitrogens with one attached hydrogen (secondary N) is 2. The number of aryl methyl sites for hydroxylation is 1. The van der Waals surface area contributed by atoms with E-state index in [-0.39, 0.29) is 17.3 Å². The van der Waals surface area contributed by atoms with E-state index in [1.165, 1.54) is 24.0 Å². The van der Waals surface area contributed by atoms with Gasteiger partial charge in [0.25, 0.3) is 0 Å². The highest BCUT2D eigenvalue weighted by molar-refractivity contribution is 7.89. The van der Waals surface area contributed by atoms with Gasteiger partial charge >= 0.3 is 0 Å². The Labute approximate surface area is 161 Å². The summed E-state index contributed by atoms with van der Waals surface area (Å²) in [5, 5.41) is 5.80. The van der Waals surface area contributed by atoms with Crippen LogP contribution in [0, 0.1) is 6.92 Å². The van der Waals surface area contributed by atoms with Crippen LogP contribution in [0.5, 0.6) is 0 Å². The van der Waals surface area contributed by atoms with Crippen LogP contribution in [0.1, 0.15) is 30.9 Å². The van der Waals surface area contributed by atoms with Crippen LogP contribution in [0.2, 0.25) is 0 Å². The van der Waals surface area contributed by atoms with Crippen molar-refractivity contribution in [2.75, 3.05) is 31.3 Å². The number of hydrogen-bond donors (Lipinski definition) is 2. The Bertz CT molecular complexity index is 905. The third-order valence-electron chi connectivity index (χ3n) is 4.26. The van der Waals surface area contributed by atoms with Crippen LogP contribution < -0.4 is 10.6 Å². The largest absolute Gasteiger partial charge is 0.376 e. The number of amides is 1. The third kappa shape index (κ3) is 5.30. The molecule has 7 heteroatoms. The molecule has 0 unspecified atom stereocenters. The topological polar surface area (TPSA) is 78.5 Å². The Morgan fingerprint density at radius 1 is 1.04 bits per heavy atom. The summed E-state index contributed by atoms with van der Waals surface area (Å²) in [6.07, 6.45) is 0. The first-order valence-electron chi connectivity index (χ1n) is 8.78. The maximum Gasteiger partial charge on any atom is 0.243 e. The van der Waals surface area contributed by atoms with Crippen molar-refractivity contribution in [3.05, 3.63) is 53.6 Å². The Hall–Kier alpha value is -2.38. The average Bonchev–Trinajstić information content (AvgIpc) is 2.61. The molecule has 0 heterocycles. The number of carbonyl (C=O) groups is 1.